The van der Waals surface area contributed by atoms with Crippen molar-refractivity contribution in [3.63, 3.8) is 0 Å². The Morgan fingerprint density at radius 2 is 1.20 bits per heavy atom. The monoisotopic (exact) mass is 904 g/mol. The average Bonchev–Trinajstić information content (AvgIpc) is 3.91. The van der Waals surface area contributed by atoms with Gasteiger partial charge in [-0.05, 0) is 127 Å². The quantitative estimate of drug-likeness (QED) is 0.128. The first kappa shape index (κ1) is 43.3. The molecule has 0 fully saturated rings. The van der Waals surface area contributed by atoms with E-state index in [4.69, 9.17) is 9.72 Å². The Morgan fingerprint density at radius 1 is 0.551 bits per heavy atom. The van der Waals surface area contributed by atoms with E-state index in [1.165, 1.54) is 34.4 Å². The molecule has 1 aliphatic rings. The summed E-state index contributed by atoms with van der Waals surface area (Å²) in [6, 6.07) is 63.6. The van der Waals surface area contributed by atoms with Crippen molar-refractivity contribution in [2.45, 2.75) is 52.9 Å². The third kappa shape index (κ3) is 7.91. The van der Waals surface area contributed by atoms with Crippen LogP contribution in [0.1, 0.15) is 51.3 Å². The predicted molar refractivity (Wildman–Crippen MR) is 280 cm³/mol. The number of nitrogens with zero attached hydrogens (tertiary/aromatic N) is 4. The minimum atomic E-state index is -0.646. The zero-order valence-electron chi connectivity index (χ0n) is 39.3. The molecule has 0 saturated carbocycles. The fourth-order valence-electron chi connectivity index (χ4n) is 9.93. The van der Waals surface area contributed by atoms with E-state index < -0.39 is 11.6 Å². The number of halogens is 2. The molecule has 0 saturated heterocycles. The van der Waals surface area contributed by atoms with Crippen molar-refractivity contribution in [1.82, 2.24) is 18.7 Å². The number of aromatic nitrogens is 2. The molecule has 10 aromatic rings. The summed E-state index contributed by atoms with van der Waals surface area (Å²) in [5.74, 6) is 0.895. The second-order valence-corrected chi connectivity index (χ2v) is 18.6. The normalized spacial score (nSPS) is 12.3. The van der Waals surface area contributed by atoms with Crippen molar-refractivity contribution in [3.05, 3.63) is 217 Å². The van der Waals surface area contributed by atoms with Crippen LogP contribution in [0.5, 0.6) is 11.5 Å². The fraction of sp³-hybridized carbons (Fsp3) is 0.129. The van der Waals surface area contributed by atoms with Crippen LogP contribution in [-0.2, 0) is 18.3 Å². The molecular formula is C62H50F2N4O+2. The van der Waals surface area contributed by atoms with Gasteiger partial charge in [-0.1, -0.05) is 120 Å². The molecule has 0 N–H and O–H groups in total. The van der Waals surface area contributed by atoms with Crippen LogP contribution in [0.25, 0.3) is 61.0 Å². The van der Waals surface area contributed by atoms with Gasteiger partial charge in [0.25, 0.3) is 11.4 Å². The number of hydrogen-bond donors (Lipinski definition) is 0. The number of ether oxygens (including phenoxy) is 1. The Labute approximate surface area is 401 Å². The first-order chi connectivity index (χ1) is 33.6. The first-order valence-corrected chi connectivity index (χ1v) is 23.6. The van der Waals surface area contributed by atoms with Gasteiger partial charge < -0.3 is 4.74 Å². The van der Waals surface area contributed by atoms with E-state index in [-0.39, 0.29) is 5.41 Å². The second-order valence-electron chi connectivity index (χ2n) is 18.6. The van der Waals surface area contributed by atoms with E-state index in [0.29, 0.717) is 22.6 Å². The van der Waals surface area contributed by atoms with Crippen LogP contribution in [0.2, 0.25) is 0 Å². The number of para-hydroxylation sites is 4. The fourth-order valence-corrected chi connectivity index (χ4v) is 9.93. The third-order valence-electron chi connectivity index (χ3n) is 13.2. The lowest BCUT2D eigenvalue weighted by Crippen LogP contribution is -2.12. The van der Waals surface area contributed by atoms with Crippen LogP contribution in [0, 0.1) is 11.6 Å². The highest BCUT2D eigenvalue weighted by molar-refractivity contribution is 6.09. The molecule has 0 spiro atoms. The summed E-state index contributed by atoms with van der Waals surface area (Å²) in [6.07, 6.45) is 3.61. The molecule has 0 atom stereocenters. The van der Waals surface area contributed by atoms with Crippen LogP contribution in [-0.4, -0.2) is 15.6 Å². The highest BCUT2D eigenvalue weighted by Gasteiger charge is 2.39. The Bertz CT molecular complexity index is 3680. The molecule has 7 heteroatoms. The van der Waals surface area contributed by atoms with Gasteiger partial charge in [-0.3, -0.25) is 4.57 Å². The van der Waals surface area contributed by atoms with Crippen LogP contribution < -0.4 is 13.9 Å². The van der Waals surface area contributed by atoms with E-state index in [1.54, 1.807) is 0 Å². The molecule has 11 rings (SSSR count). The Hall–Kier alpha value is -8.25. The van der Waals surface area contributed by atoms with Crippen LogP contribution in [0.4, 0.5) is 31.5 Å². The zero-order valence-corrected chi connectivity index (χ0v) is 39.3. The van der Waals surface area contributed by atoms with Gasteiger partial charge in [-0.15, -0.1) is 0 Å². The van der Waals surface area contributed by atoms with Gasteiger partial charge in [0.15, 0.2) is 0 Å². The predicted octanol–water partition coefficient (Wildman–Crippen LogP) is 16.5. The van der Waals surface area contributed by atoms with Crippen LogP contribution in [0.3, 0.4) is 0 Å². The van der Waals surface area contributed by atoms with E-state index in [0.717, 1.165) is 86.0 Å². The Morgan fingerprint density at radius 3 is 1.93 bits per heavy atom. The number of pyridine rings is 1. The number of rotatable bonds is 10. The van der Waals surface area contributed by atoms with Crippen molar-refractivity contribution >= 4 is 50.6 Å². The number of aryl methyl sites for hydroxylation is 2. The largest absolute Gasteiger partial charge is 0.503 e. The molecule has 8 aromatic carbocycles. The lowest BCUT2D eigenvalue weighted by molar-refractivity contribution is 0.483. The summed E-state index contributed by atoms with van der Waals surface area (Å²) in [5, 5.41) is 2.24. The third-order valence-corrected chi connectivity index (χ3v) is 13.2. The summed E-state index contributed by atoms with van der Waals surface area (Å²) in [5.41, 5.74) is 14.1. The van der Waals surface area contributed by atoms with Gasteiger partial charge in [0, 0.05) is 47.3 Å². The SMILES string of the molecule is CCc1cccc(CC)c1-c1cc(Oc2ccc3c4ccccc4n(-c4cc(C(C)(C)C)ccn4)c3c2)cc([N+]2=C=[N+](c3c(-c4ccccc4)cccc3-c3cc(F)cc(F)c3)c3ccccc32)c1. The van der Waals surface area contributed by atoms with Crippen molar-refractivity contribution in [2.75, 3.05) is 0 Å². The van der Waals surface area contributed by atoms with Crippen LogP contribution in [0.15, 0.2) is 188 Å². The summed E-state index contributed by atoms with van der Waals surface area (Å²) < 4.78 is 43.5. The number of benzene rings is 8. The van der Waals surface area contributed by atoms with Crippen LogP contribution >= 0.6 is 0 Å². The Balaban J connectivity index is 1.14. The maximum Gasteiger partial charge on any atom is 0.503 e. The molecule has 336 valence electrons. The highest BCUT2D eigenvalue weighted by Crippen LogP contribution is 2.46. The summed E-state index contributed by atoms with van der Waals surface area (Å²) >= 11 is 0. The van der Waals surface area contributed by atoms with Crippen molar-refractivity contribution in [1.29, 1.82) is 0 Å². The standard InChI is InChI=1S/C62H50F2N4O/c1-6-40-19-15-20-41(7-2)60(40)44-33-48(37-50(34-44)69-49-27-28-54-53-21-11-12-24-55(53)68(58(54)38-49)59-35-45(29-30-65-59)62(3,4)5)66-39-67(57-26-14-13-25-56(57)66)61-51(42-17-9-8-10-18-42)22-16-23-52(61)43-31-46(63)36-47(64)32-43/h8-38H,6-7H2,1-5H3/q+2. The molecule has 3 heterocycles. The zero-order chi connectivity index (χ0) is 47.4. The number of fused-ring (bicyclic) bond motifs is 4. The molecule has 5 nitrogen and oxygen atoms in total. The van der Waals surface area contributed by atoms with E-state index in [1.807, 2.05) is 65.4 Å². The molecule has 0 amide bonds. The topological polar surface area (TPSA) is 33.1 Å². The van der Waals surface area contributed by atoms with Crippen molar-refractivity contribution in [3.8, 4) is 50.7 Å². The summed E-state index contributed by atoms with van der Waals surface area (Å²) in [4.78, 5) is 4.91. The van der Waals surface area contributed by atoms with E-state index in [2.05, 4.69) is 159 Å². The second kappa shape index (κ2) is 17.4. The number of hydrogen-bond acceptors (Lipinski definition) is 2. The summed E-state index contributed by atoms with van der Waals surface area (Å²) in [7, 11) is 0. The van der Waals surface area contributed by atoms with Crippen molar-refractivity contribution < 1.29 is 13.5 Å². The average molecular weight is 905 g/mol. The van der Waals surface area contributed by atoms with Gasteiger partial charge in [-0.2, -0.15) is 0 Å². The van der Waals surface area contributed by atoms with Gasteiger partial charge >= 0.3 is 6.01 Å². The molecule has 69 heavy (non-hydrogen) atoms. The molecule has 1 aliphatic heterocycles. The maximum atomic E-state index is 15.0. The first-order valence-electron chi connectivity index (χ1n) is 23.6. The van der Waals surface area contributed by atoms with E-state index in [9.17, 15) is 0 Å². The smallest absolute Gasteiger partial charge is 0.457 e. The van der Waals surface area contributed by atoms with Gasteiger partial charge in [0.2, 0.25) is 11.4 Å². The minimum Gasteiger partial charge on any atom is -0.457 e. The lowest BCUT2D eigenvalue weighted by atomic mass is 9.88. The minimum absolute atomic E-state index is 0.0580. The molecule has 0 unspecified atom stereocenters. The highest BCUT2D eigenvalue weighted by atomic mass is 19.1. The van der Waals surface area contributed by atoms with E-state index >= 15 is 8.78 Å². The molecule has 0 aliphatic carbocycles. The van der Waals surface area contributed by atoms with Gasteiger partial charge in [0.05, 0.1) is 28.2 Å². The maximum absolute atomic E-state index is 15.0. The Kier molecular flexibility index (Phi) is 11.0. The van der Waals surface area contributed by atoms with Gasteiger partial charge in [-0.25, -0.2) is 13.8 Å². The lowest BCUT2D eigenvalue weighted by Gasteiger charge is -2.20. The van der Waals surface area contributed by atoms with Gasteiger partial charge in [0.1, 0.15) is 29.0 Å². The van der Waals surface area contributed by atoms with Crippen molar-refractivity contribution in [2.24, 2.45) is 0 Å². The molecule has 0 radical (unpaired) electrons. The molecular weight excluding hydrogens is 855 g/mol. The summed E-state index contributed by atoms with van der Waals surface area (Å²) in [6.45, 7) is 11.1. The molecule has 0 bridgehead atoms. The molecule has 2 aromatic heterocycles.